The Labute approximate surface area is 93.5 Å². The molecular weight excluding hydrogens is 186 g/mol. The van der Waals surface area contributed by atoms with Gasteiger partial charge >= 0.3 is 0 Å². The molecule has 15 heavy (non-hydrogen) atoms. The van der Waals surface area contributed by atoms with Gasteiger partial charge in [-0.25, -0.2) is 0 Å². The normalized spacial score (nSPS) is 21.5. The summed E-state index contributed by atoms with van der Waals surface area (Å²) in [6.45, 7) is 3.79. The summed E-state index contributed by atoms with van der Waals surface area (Å²) >= 11 is 0. The molecule has 0 bridgehead atoms. The van der Waals surface area contributed by atoms with Crippen molar-refractivity contribution in [2.24, 2.45) is 5.92 Å². The molecule has 0 heterocycles. The van der Waals surface area contributed by atoms with Crippen molar-refractivity contribution < 1.29 is 0 Å². The van der Waals surface area contributed by atoms with Crippen LogP contribution in [-0.4, -0.2) is 37.6 Å². The molecule has 1 atom stereocenters. The Morgan fingerprint density at radius 1 is 1.40 bits per heavy atom. The van der Waals surface area contributed by atoms with Crippen molar-refractivity contribution >= 4 is 0 Å². The number of rotatable bonds is 5. The van der Waals surface area contributed by atoms with Crippen molar-refractivity contribution in [1.29, 1.82) is 5.26 Å². The summed E-state index contributed by atoms with van der Waals surface area (Å²) in [6, 6.07) is 2.26. The van der Waals surface area contributed by atoms with Gasteiger partial charge in [-0.2, -0.15) is 5.26 Å². The van der Waals surface area contributed by atoms with Gasteiger partial charge in [-0.05, 0) is 33.9 Å². The SMILES string of the molecule is CC(C#N)CNCC1(N(C)C)CCCC1. The number of likely N-dealkylation sites (N-methyl/N-ethyl adjacent to an activating group) is 1. The summed E-state index contributed by atoms with van der Waals surface area (Å²) in [5.74, 6) is 0.116. The highest BCUT2D eigenvalue weighted by atomic mass is 15.2. The number of hydrogen-bond acceptors (Lipinski definition) is 3. The summed E-state index contributed by atoms with van der Waals surface area (Å²) in [5, 5.41) is 12.1. The minimum atomic E-state index is 0.116. The molecule has 86 valence electrons. The molecule has 0 aromatic carbocycles. The van der Waals surface area contributed by atoms with Crippen molar-refractivity contribution in [2.75, 3.05) is 27.2 Å². The predicted octanol–water partition coefficient (Wildman–Crippen LogP) is 1.61. The molecule has 0 saturated heterocycles. The first-order valence-corrected chi connectivity index (χ1v) is 5.88. The molecule has 0 aromatic rings. The van der Waals surface area contributed by atoms with Gasteiger partial charge in [0.1, 0.15) is 0 Å². The lowest BCUT2D eigenvalue weighted by Crippen LogP contribution is -2.50. The smallest absolute Gasteiger partial charge is 0.0666 e. The van der Waals surface area contributed by atoms with Gasteiger partial charge in [0.25, 0.3) is 0 Å². The van der Waals surface area contributed by atoms with Crippen molar-refractivity contribution in [3.8, 4) is 6.07 Å². The van der Waals surface area contributed by atoms with Crippen LogP contribution in [0.5, 0.6) is 0 Å². The van der Waals surface area contributed by atoms with Crippen LogP contribution >= 0.6 is 0 Å². The number of hydrogen-bond donors (Lipinski definition) is 1. The van der Waals surface area contributed by atoms with E-state index in [-0.39, 0.29) is 5.92 Å². The summed E-state index contributed by atoms with van der Waals surface area (Å²) in [6.07, 6.45) is 5.25. The fraction of sp³-hybridized carbons (Fsp3) is 0.917. The third kappa shape index (κ3) is 3.19. The second kappa shape index (κ2) is 5.48. The lowest BCUT2D eigenvalue weighted by Gasteiger charge is -2.36. The lowest BCUT2D eigenvalue weighted by molar-refractivity contribution is 0.153. The van der Waals surface area contributed by atoms with E-state index in [2.05, 4.69) is 30.4 Å². The quantitative estimate of drug-likeness (QED) is 0.747. The molecule has 1 aliphatic carbocycles. The summed E-state index contributed by atoms with van der Waals surface area (Å²) in [4.78, 5) is 2.35. The minimum absolute atomic E-state index is 0.116. The van der Waals surface area contributed by atoms with Gasteiger partial charge < -0.3 is 10.2 Å². The van der Waals surface area contributed by atoms with Gasteiger partial charge in [-0.15, -0.1) is 0 Å². The summed E-state index contributed by atoms with van der Waals surface area (Å²) < 4.78 is 0. The minimum Gasteiger partial charge on any atom is -0.314 e. The van der Waals surface area contributed by atoms with E-state index in [1.54, 1.807) is 0 Å². The molecule has 1 fully saturated rings. The second-order valence-corrected chi connectivity index (χ2v) is 4.99. The van der Waals surface area contributed by atoms with Gasteiger partial charge in [0.15, 0.2) is 0 Å². The predicted molar refractivity (Wildman–Crippen MR) is 62.5 cm³/mol. The monoisotopic (exact) mass is 209 g/mol. The van der Waals surface area contributed by atoms with Crippen molar-refractivity contribution in [1.82, 2.24) is 10.2 Å². The highest BCUT2D eigenvalue weighted by molar-refractivity contribution is 4.95. The van der Waals surface area contributed by atoms with Crippen LogP contribution in [0.25, 0.3) is 0 Å². The largest absolute Gasteiger partial charge is 0.314 e. The topological polar surface area (TPSA) is 39.1 Å². The van der Waals surface area contributed by atoms with Gasteiger partial charge in [-0.1, -0.05) is 12.8 Å². The zero-order valence-electron chi connectivity index (χ0n) is 10.2. The maximum Gasteiger partial charge on any atom is 0.0666 e. The Bertz CT molecular complexity index is 224. The third-order valence-electron chi connectivity index (χ3n) is 3.61. The Balaban J connectivity index is 2.37. The number of nitriles is 1. The maximum atomic E-state index is 8.70. The molecule has 0 amide bonds. The van der Waals surface area contributed by atoms with Crippen molar-refractivity contribution in [3.05, 3.63) is 0 Å². The molecule has 3 heteroatoms. The molecule has 0 spiro atoms. The number of nitrogens with one attached hydrogen (secondary N) is 1. The van der Waals surface area contributed by atoms with Crippen LogP contribution in [0.2, 0.25) is 0 Å². The third-order valence-corrected chi connectivity index (χ3v) is 3.61. The van der Waals surface area contributed by atoms with E-state index < -0.39 is 0 Å². The maximum absolute atomic E-state index is 8.70. The highest BCUT2D eigenvalue weighted by Crippen LogP contribution is 2.32. The molecule has 1 unspecified atom stereocenters. The van der Waals surface area contributed by atoms with Crippen LogP contribution < -0.4 is 5.32 Å². The standard InChI is InChI=1S/C12H23N3/c1-11(8-13)9-14-10-12(15(2)3)6-4-5-7-12/h11,14H,4-7,9-10H2,1-3H3. The Hall–Kier alpha value is -0.590. The molecule has 1 rings (SSSR count). The van der Waals surface area contributed by atoms with Gasteiger partial charge in [0, 0.05) is 18.6 Å². The van der Waals surface area contributed by atoms with Crippen LogP contribution in [-0.2, 0) is 0 Å². The van der Waals surface area contributed by atoms with E-state index in [1.807, 2.05) is 6.92 Å². The van der Waals surface area contributed by atoms with E-state index in [1.165, 1.54) is 25.7 Å². The first kappa shape index (κ1) is 12.5. The van der Waals surface area contributed by atoms with E-state index in [4.69, 9.17) is 5.26 Å². The van der Waals surface area contributed by atoms with Crippen LogP contribution in [0, 0.1) is 17.2 Å². The fourth-order valence-electron chi connectivity index (χ4n) is 2.38. The summed E-state index contributed by atoms with van der Waals surface area (Å²) in [5.41, 5.74) is 0.342. The zero-order chi connectivity index (χ0) is 11.3. The summed E-state index contributed by atoms with van der Waals surface area (Å²) in [7, 11) is 4.33. The molecular formula is C12H23N3. The Morgan fingerprint density at radius 2 is 2.00 bits per heavy atom. The van der Waals surface area contributed by atoms with Crippen LogP contribution in [0.3, 0.4) is 0 Å². The average molecular weight is 209 g/mol. The van der Waals surface area contributed by atoms with Crippen molar-refractivity contribution in [3.63, 3.8) is 0 Å². The van der Waals surface area contributed by atoms with E-state index >= 15 is 0 Å². The van der Waals surface area contributed by atoms with Crippen molar-refractivity contribution in [2.45, 2.75) is 38.1 Å². The molecule has 1 N–H and O–H groups in total. The molecule has 0 aromatic heterocycles. The van der Waals surface area contributed by atoms with Gasteiger partial charge in [0.2, 0.25) is 0 Å². The van der Waals surface area contributed by atoms with Crippen LogP contribution in [0.1, 0.15) is 32.6 Å². The van der Waals surface area contributed by atoms with Gasteiger partial charge in [0.05, 0.1) is 12.0 Å². The van der Waals surface area contributed by atoms with Crippen LogP contribution in [0.15, 0.2) is 0 Å². The first-order valence-electron chi connectivity index (χ1n) is 5.88. The lowest BCUT2D eigenvalue weighted by atomic mass is 9.96. The molecule has 1 saturated carbocycles. The van der Waals surface area contributed by atoms with Gasteiger partial charge in [-0.3, -0.25) is 0 Å². The second-order valence-electron chi connectivity index (χ2n) is 4.99. The van der Waals surface area contributed by atoms with E-state index in [0.717, 1.165) is 13.1 Å². The number of nitrogens with zero attached hydrogens (tertiary/aromatic N) is 2. The average Bonchev–Trinajstić information content (AvgIpc) is 2.67. The first-order chi connectivity index (χ1) is 7.10. The van der Waals surface area contributed by atoms with Crippen LogP contribution in [0.4, 0.5) is 0 Å². The molecule has 3 nitrogen and oxygen atoms in total. The zero-order valence-corrected chi connectivity index (χ0v) is 10.2. The molecule has 0 radical (unpaired) electrons. The molecule has 1 aliphatic rings. The van der Waals surface area contributed by atoms with E-state index in [0.29, 0.717) is 5.54 Å². The fourth-order valence-corrected chi connectivity index (χ4v) is 2.38. The highest BCUT2D eigenvalue weighted by Gasteiger charge is 2.35. The molecule has 0 aliphatic heterocycles. The van der Waals surface area contributed by atoms with E-state index in [9.17, 15) is 0 Å². The Kier molecular flexibility index (Phi) is 4.56. The Morgan fingerprint density at radius 3 is 2.47 bits per heavy atom.